The third kappa shape index (κ3) is 2.55. The topological polar surface area (TPSA) is 82.1 Å². The van der Waals surface area contributed by atoms with Crippen LogP contribution in [-0.4, -0.2) is 44.2 Å². The number of phenolic OH excluding ortho intramolecular Hbond substituents is 1. The van der Waals surface area contributed by atoms with Crippen LogP contribution in [0.5, 0.6) is 5.75 Å². The molecule has 0 bridgehead atoms. The summed E-state index contributed by atoms with van der Waals surface area (Å²) in [5.41, 5.74) is 2.60. The fraction of sp³-hybridized carbons (Fsp3) is 0.167. The normalized spacial score (nSPS) is 14.5. The van der Waals surface area contributed by atoms with E-state index in [1.54, 1.807) is 23.1 Å². The fourth-order valence-corrected chi connectivity index (χ4v) is 3.40. The fourth-order valence-electron chi connectivity index (χ4n) is 3.05. The first-order valence-electron chi connectivity index (χ1n) is 7.83. The van der Waals surface area contributed by atoms with Crippen LogP contribution in [0.1, 0.15) is 11.6 Å². The minimum atomic E-state index is -0.0786. The molecule has 6 nitrogen and oxygen atoms in total. The molecular weight excluding hydrogens is 340 g/mol. The summed E-state index contributed by atoms with van der Waals surface area (Å²) < 4.78 is 0. The summed E-state index contributed by atoms with van der Waals surface area (Å²) in [6.07, 6.45) is 1.31. The number of nitrogens with one attached hydrogen (secondary N) is 1. The molecular formula is C18H15ClN4O2. The van der Waals surface area contributed by atoms with Crippen LogP contribution in [-0.2, 0) is 4.79 Å². The van der Waals surface area contributed by atoms with Gasteiger partial charge in [0.1, 0.15) is 5.75 Å². The summed E-state index contributed by atoms with van der Waals surface area (Å²) in [7, 11) is 0. The van der Waals surface area contributed by atoms with E-state index in [9.17, 15) is 9.90 Å². The van der Waals surface area contributed by atoms with E-state index in [0.717, 1.165) is 11.1 Å². The van der Waals surface area contributed by atoms with Crippen molar-refractivity contribution in [2.45, 2.75) is 5.92 Å². The van der Waals surface area contributed by atoms with Crippen LogP contribution in [0, 0.1) is 0 Å². The highest BCUT2D eigenvalue weighted by molar-refractivity contribution is 6.36. The number of amides is 1. The standard InChI is InChI=1S/C18H15ClN4O2/c1-2-15(25)23-8-10(9-23)17-16(19)12-7-13(21-22-18(12)20-17)11-5-3-4-6-14(11)24/h2-7,10,24H,1,8-9H2,(H,20,22). The molecule has 1 fully saturated rings. The van der Waals surface area contributed by atoms with E-state index in [0.29, 0.717) is 35.0 Å². The van der Waals surface area contributed by atoms with Gasteiger partial charge in [0.25, 0.3) is 0 Å². The number of carbonyl (C=O) groups excluding carboxylic acids is 1. The Morgan fingerprint density at radius 3 is 2.84 bits per heavy atom. The number of rotatable bonds is 3. The maximum absolute atomic E-state index is 11.6. The molecule has 1 aliphatic heterocycles. The first-order valence-corrected chi connectivity index (χ1v) is 8.20. The molecule has 1 aromatic carbocycles. The highest BCUT2D eigenvalue weighted by Crippen LogP contribution is 2.37. The van der Waals surface area contributed by atoms with E-state index in [2.05, 4.69) is 21.8 Å². The number of aromatic hydroxyl groups is 1. The number of benzene rings is 1. The van der Waals surface area contributed by atoms with Crippen LogP contribution < -0.4 is 0 Å². The van der Waals surface area contributed by atoms with Crippen molar-refractivity contribution in [2.24, 2.45) is 0 Å². The molecule has 0 atom stereocenters. The van der Waals surface area contributed by atoms with Crippen molar-refractivity contribution in [3.8, 4) is 17.0 Å². The molecule has 7 heteroatoms. The van der Waals surface area contributed by atoms with Gasteiger partial charge in [-0.15, -0.1) is 10.2 Å². The average molecular weight is 355 g/mol. The number of carbonyl (C=O) groups is 1. The summed E-state index contributed by atoms with van der Waals surface area (Å²) in [5, 5.41) is 19.7. The molecule has 1 amide bonds. The van der Waals surface area contributed by atoms with E-state index < -0.39 is 0 Å². The van der Waals surface area contributed by atoms with Gasteiger partial charge in [0.2, 0.25) is 5.91 Å². The molecule has 0 saturated carbocycles. The Labute approximate surface area is 148 Å². The van der Waals surface area contributed by atoms with Crippen molar-refractivity contribution < 1.29 is 9.90 Å². The molecule has 0 aliphatic carbocycles. The molecule has 0 spiro atoms. The first kappa shape index (κ1) is 15.7. The highest BCUT2D eigenvalue weighted by Gasteiger charge is 2.33. The van der Waals surface area contributed by atoms with Crippen LogP contribution in [0.4, 0.5) is 0 Å². The number of aromatic amines is 1. The van der Waals surface area contributed by atoms with Gasteiger partial charge in [-0.1, -0.05) is 30.3 Å². The number of fused-ring (bicyclic) bond motifs is 1. The van der Waals surface area contributed by atoms with Gasteiger partial charge < -0.3 is 15.0 Å². The quantitative estimate of drug-likeness (QED) is 0.708. The molecule has 3 heterocycles. The zero-order valence-electron chi connectivity index (χ0n) is 13.2. The molecule has 1 saturated heterocycles. The zero-order valence-corrected chi connectivity index (χ0v) is 14.0. The predicted octanol–water partition coefficient (Wildman–Crippen LogP) is 3.10. The smallest absolute Gasteiger partial charge is 0.245 e. The highest BCUT2D eigenvalue weighted by atomic mass is 35.5. The van der Waals surface area contributed by atoms with Gasteiger partial charge in [-0.3, -0.25) is 4.79 Å². The van der Waals surface area contributed by atoms with E-state index in [4.69, 9.17) is 11.6 Å². The summed E-state index contributed by atoms with van der Waals surface area (Å²) in [5.74, 6) is 0.199. The number of nitrogens with zero attached hydrogens (tertiary/aromatic N) is 3. The van der Waals surface area contributed by atoms with E-state index >= 15 is 0 Å². The maximum Gasteiger partial charge on any atom is 0.245 e. The molecule has 0 radical (unpaired) electrons. The zero-order chi connectivity index (χ0) is 17.6. The van der Waals surface area contributed by atoms with E-state index in [1.807, 2.05) is 12.1 Å². The predicted molar refractivity (Wildman–Crippen MR) is 95.5 cm³/mol. The number of halogens is 1. The van der Waals surface area contributed by atoms with Gasteiger partial charge in [0, 0.05) is 35.7 Å². The van der Waals surface area contributed by atoms with Crippen molar-refractivity contribution in [2.75, 3.05) is 13.1 Å². The largest absolute Gasteiger partial charge is 0.507 e. The summed E-state index contributed by atoms with van der Waals surface area (Å²) >= 11 is 6.54. The van der Waals surface area contributed by atoms with Crippen LogP contribution in [0.2, 0.25) is 5.02 Å². The second-order valence-electron chi connectivity index (χ2n) is 6.01. The SMILES string of the molecule is C=CC(=O)N1CC(c2[nH]c3nnc(-c4ccccc4O)cc3c2Cl)C1. The van der Waals surface area contributed by atoms with Crippen LogP contribution in [0.25, 0.3) is 22.3 Å². The Hall–Kier alpha value is -2.86. The van der Waals surface area contributed by atoms with Crippen LogP contribution in [0.3, 0.4) is 0 Å². The Kier molecular flexibility index (Phi) is 3.69. The summed E-state index contributed by atoms with van der Waals surface area (Å²) in [6, 6.07) is 8.76. The number of hydrogen-bond acceptors (Lipinski definition) is 4. The third-order valence-electron chi connectivity index (χ3n) is 4.48. The van der Waals surface area contributed by atoms with Crippen molar-refractivity contribution in [1.29, 1.82) is 0 Å². The molecule has 4 rings (SSSR count). The number of phenols is 1. The van der Waals surface area contributed by atoms with Crippen LogP contribution in [0.15, 0.2) is 43.0 Å². The minimum absolute atomic E-state index is 0.0786. The Bertz CT molecular complexity index is 992. The van der Waals surface area contributed by atoms with Gasteiger partial charge in [0.15, 0.2) is 5.65 Å². The Morgan fingerprint density at radius 2 is 2.12 bits per heavy atom. The maximum atomic E-state index is 11.6. The summed E-state index contributed by atoms with van der Waals surface area (Å²) in [6.45, 7) is 4.68. The summed E-state index contributed by atoms with van der Waals surface area (Å²) in [4.78, 5) is 16.5. The third-order valence-corrected chi connectivity index (χ3v) is 4.88. The first-order chi connectivity index (χ1) is 12.1. The van der Waals surface area contributed by atoms with Gasteiger partial charge in [0.05, 0.1) is 10.7 Å². The van der Waals surface area contributed by atoms with Gasteiger partial charge in [-0.2, -0.15) is 0 Å². The lowest BCUT2D eigenvalue weighted by atomic mass is 9.96. The number of hydrogen-bond donors (Lipinski definition) is 2. The second kappa shape index (κ2) is 5.89. The molecule has 126 valence electrons. The number of para-hydroxylation sites is 1. The Balaban J connectivity index is 1.69. The number of H-pyrrole nitrogens is 1. The monoisotopic (exact) mass is 354 g/mol. The Morgan fingerprint density at radius 1 is 1.36 bits per heavy atom. The van der Waals surface area contributed by atoms with E-state index in [-0.39, 0.29) is 17.6 Å². The van der Waals surface area contributed by atoms with Crippen molar-refractivity contribution >= 4 is 28.5 Å². The average Bonchev–Trinajstić information content (AvgIpc) is 2.90. The minimum Gasteiger partial charge on any atom is -0.507 e. The van der Waals surface area contributed by atoms with Crippen molar-refractivity contribution in [3.05, 3.63) is 53.7 Å². The lowest BCUT2D eigenvalue weighted by Gasteiger charge is -2.38. The lowest BCUT2D eigenvalue weighted by molar-refractivity contribution is -0.130. The second-order valence-corrected chi connectivity index (χ2v) is 6.38. The number of aromatic nitrogens is 3. The van der Waals surface area contributed by atoms with Crippen LogP contribution >= 0.6 is 11.6 Å². The molecule has 2 aromatic heterocycles. The van der Waals surface area contributed by atoms with E-state index in [1.165, 1.54) is 6.08 Å². The lowest BCUT2D eigenvalue weighted by Crippen LogP contribution is -2.47. The molecule has 25 heavy (non-hydrogen) atoms. The molecule has 3 aromatic rings. The van der Waals surface area contributed by atoms with Gasteiger partial charge >= 0.3 is 0 Å². The van der Waals surface area contributed by atoms with Gasteiger partial charge in [-0.25, -0.2) is 0 Å². The number of likely N-dealkylation sites (tertiary alicyclic amines) is 1. The van der Waals surface area contributed by atoms with Crippen molar-refractivity contribution in [1.82, 2.24) is 20.1 Å². The van der Waals surface area contributed by atoms with Gasteiger partial charge in [-0.05, 0) is 24.3 Å². The van der Waals surface area contributed by atoms with Crippen molar-refractivity contribution in [3.63, 3.8) is 0 Å². The molecule has 0 unspecified atom stereocenters. The molecule has 2 N–H and O–H groups in total. The molecule has 1 aliphatic rings.